The Morgan fingerprint density at radius 3 is 2.21 bits per heavy atom. The smallest absolute Gasteiger partial charge is 0.326 e. The van der Waals surface area contributed by atoms with Gasteiger partial charge in [0, 0.05) is 30.5 Å². The first-order valence-electron chi connectivity index (χ1n) is 9.83. The van der Waals surface area contributed by atoms with Gasteiger partial charge in [0.2, 0.25) is 17.7 Å². The van der Waals surface area contributed by atoms with Crippen LogP contribution in [0.3, 0.4) is 0 Å². The average molecular weight is 489 g/mol. The van der Waals surface area contributed by atoms with Gasteiger partial charge in [-0.25, -0.2) is 9.78 Å². The zero-order chi connectivity index (χ0) is 25.1. The molecule has 14 nitrogen and oxygen atoms in total. The van der Waals surface area contributed by atoms with Gasteiger partial charge in [-0.15, -0.1) is 0 Å². The van der Waals surface area contributed by atoms with E-state index in [-0.39, 0.29) is 18.6 Å². The molecule has 9 N–H and O–H groups in total. The number of aromatic amines is 1. The van der Waals surface area contributed by atoms with Crippen LogP contribution in [-0.4, -0.2) is 91.0 Å². The summed E-state index contributed by atoms with van der Waals surface area (Å²) in [5.41, 5.74) is 6.40. The maximum atomic E-state index is 12.6. The zero-order valence-electron chi connectivity index (χ0n) is 17.7. The van der Waals surface area contributed by atoms with Gasteiger partial charge in [0.1, 0.15) is 18.1 Å². The van der Waals surface area contributed by atoms with E-state index in [0.29, 0.717) is 5.69 Å². The summed E-state index contributed by atoms with van der Waals surface area (Å²) >= 11 is 3.96. The van der Waals surface area contributed by atoms with E-state index in [9.17, 15) is 29.1 Å². The molecule has 0 saturated carbocycles. The van der Waals surface area contributed by atoms with E-state index in [1.165, 1.54) is 19.4 Å². The number of nitrogens with one attached hydrogen (secondary N) is 4. The first-order valence-corrected chi connectivity index (χ1v) is 10.5. The molecule has 0 saturated heterocycles. The minimum atomic E-state index is -1.50. The molecule has 0 fully saturated rings. The number of nitrogens with two attached hydrogens (primary N) is 1. The number of carboxylic acid groups (broad SMARTS) is 2. The molecule has 3 amide bonds. The van der Waals surface area contributed by atoms with Crippen molar-refractivity contribution in [1.82, 2.24) is 25.9 Å². The van der Waals surface area contributed by atoms with Crippen LogP contribution in [0.1, 0.15) is 25.5 Å². The van der Waals surface area contributed by atoms with Gasteiger partial charge in [0.15, 0.2) is 0 Å². The summed E-state index contributed by atoms with van der Waals surface area (Å²) in [6.07, 6.45) is 0.746. The highest BCUT2D eigenvalue weighted by molar-refractivity contribution is 7.80. The number of amides is 3. The van der Waals surface area contributed by atoms with E-state index in [0.717, 1.165) is 0 Å². The molecular formula is C18H28N6O8S. The van der Waals surface area contributed by atoms with Crippen molar-refractivity contribution in [1.29, 1.82) is 0 Å². The predicted molar refractivity (Wildman–Crippen MR) is 116 cm³/mol. The van der Waals surface area contributed by atoms with Gasteiger partial charge < -0.3 is 42.0 Å². The summed E-state index contributed by atoms with van der Waals surface area (Å²) < 4.78 is 0. The van der Waals surface area contributed by atoms with Crippen LogP contribution in [0.25, 0.3) is 0 Å². The lowest BCUT2D eigenvalue weighted by Gasteiger charge is -2.25. The summed E-state index contributed by atoms with van der Waals surface area (Å²) in [5.74, 6) is -5.54. The van der Waals surface area contributed by atoms with Crippen molar-refractivity contribution in [3.05, 3.63) is 18.2 Å². The summed E-state index contributed by atoms with van der Waals surface area (Å²) in [4.78, 5) is 65.9. The molecule has 0 aliphatic carbocycles. The molecule has 0 bridgehead atoms. The highest BCUT2D eigenvalue weighted by Crippen LogP contribution is 2.03. The summed E-state index contributed by atoms with van der Waals surface area (Å²) in [5, 5.41) is 34.5. The van der Waals surface area contributed by atoms with Gasteiger partial charge in [-0.2, -0.15) is 12.6 Å². The fourth-order valence-electron chi connectivity index (χ4n) is 2.64. The highest BCUT2D eigenvalue weighted by Gasteiger charge is 2.32. The average Bonchev–Trinajstić information content (AvgIpc) is 3.24. The topological polar surface area (TPSA) is 237 Å². The monoisotopic (exact) mass is 488 g/mol. The molecule has 33 heavy (non-hydrogen) atoms. The maximum Gasteiger partial charge on any atom is 0.326 e. The number of aromatic nitrogens is 2. The van der Waals surface area contributed by atoms with Crippen LogP contribution < -0.4 is 21.7 Å². The number of hydrogen-bond acceptors (Lipinski definition) is 9. The molecular weight excluding hydrogens is 460 g/mol. The lowest BCUT2D eigenvalue weighted by molar-refractivity contribution is -0.143. The first kappa shape index (κ1) is 27.9. The Labute approximate surface area is 194 Å². The zero-order valence-corrected chi connectivity index (χ0v) is 18.6. The molecule has 184 valence electrons. The Morgan fingerprint density at radius 2 is 1.73 bits per heavy atom. The van der Waals surface area contributed by atoms with E-state index in [4.69, 9.17) is 15.9 Å². The number of aliphatic hydroxyl groups excluding tert-OH is 1. The van der Waals surface area contributed by atoms with Gasteiger partial charge in [-0.1, -0.05) is 0 Å². The lowest BCUT2D eigenvalue weighted by atomic mass is 10.1. The second kappa shape index (κ2) is 13.4. The second-order valence-corrected chi connectivity index (χ2v) is 7.56. The van der Waals surface area contributed by atoms with E-state index in [1.54, 1.807) is 0 Å². The van der Waals surface area contributed by atoms with Crippen molar-refractivity contribution in [3.8, 4) is 0 Å². The third kappa shape index (κ3) is 9.46. The molecule has 0 aliphatic rings. The lowest BCUT2D eigenvalue weighted by Crippen LogP contribution is -2.60. The van der Waals surface area contributed by atoms with Crippen LogP contribution in [0.5, 0.6) is 0 Å². The normalized spacial score (nSPS) is 15.4. The van der Waals surface area contributed by atoms with Crippen LogP contribution >= 0.6 is 12.6 Å². The molecule has 5 unspecified atom stereocenters. The Morgan fingerprint density at radius 1 is 1.09 bits per heavy atom. The SMILES string of the molecule is CC(O)C(NC(=O)C(N)Cc1cnc[nH]1)C(=O)NC(CS)C(=O)NC(CCC(=O)O)C(=O)O. The summed E-state index contributed by atoms with van der Waals surface area (Å²) in [7, 11) is 0. The van der Waals surface area contributed by atoms with Gasteiger partial charge in [-0.05, 0) is 13.3 Å². The third-order valence-electron chi connectivity index (χ3n) is 4.47. The molecule has 1 aromatic rings. The minimum absolute atomic E-state index is 0.0918. The number of H-pyrrole nitrogens is 1. The molecule has 0 aliphatic heterocycles. The van der Waals surface area contributed by atoms with Crippen LogP contribution in [0.15, 0.2) is 12.5 Å². The number of carboxylic acids is 2. The Kier molecular flexibility index (Phi) is 11.3. The number of imidazole rings is 1. The number of aliphatic hydroxyl groups is 1. The van der Waals surface area contributed by atoms with Gasteiger partial charge in [0.25, 0.3) is 0 Å². The molecule has 0 radical (unpaired) electrons. The molecule has 1 heterocycles. The number of hydrogen-bond donors (Lipinski definition) is 9. The van der Waals surface area contributed by atoms with E-state index >= 15 is 0 Å². The number of nitrogens with zero attached hydrogens (tertiary/aromatic N) is 1. The van der Waals surface area contributed by atoms with Crippen LogP contribution in [0, 0.1) is 0 Å². The summed E-state index contributed by atoms with van der Waals surface area (Å²) in [6, 6.07) is -5.36. The van der Waals surface area contributed by atoms with Crippen molar-refractivity contribution in [2.75, 3.05) is 5.75 Å². The molecule has 0 aromatic carbocycles. The number of carbonyl (C=O) groups is 5. The van der Waals surface area contributed by atoms with Crippen molar-refractivity contribution in [2.24, 2.45) is 5.73 Å². The maximum absolute atomic E-state index is 12.6. The van der Waals surface area contributed by atoms with E-state index in [2.05, 4.69) is 38.5 Å². The Hall–Kier alpha value is -3.17. The second-order valence-electron chi connectivity index (χ2n) is 7.19. The molecule has 15 heteroatoms. The Bertz CT molecular complexity index is 834. The first-order chi connectivity index (χ1) is 15.5. The van der Waals surface area contributed by atoms with Crippen LogP contribution in [0.4, 0.5) is 0 Å². The quantitative estimate of drug-likeness (QED) is 0.120. The predicted octanol–water partition coefficient (Wildman–Crippen LogP) is -3.01. The number of carbonyl (C=O) groups excluding carboxylic acids is 3. The Balaban J connectivity index is 2.77. The van der Waals surface area contributed by atoms with Crippen molar-refractivity contribution in [2.45, 2.75) is 56.5 Å². The van der Waals surface area contributed by atoms with Crippen molar-refractivity contribution < 1.29 is 39.3 Å². The third-order valence-corrected chi connectivity index (χ3v) is 4.84. The molecule has 1 rings (SSSR count). The molecule has 5 atom stereocenters. The minimum Gasteiger partial charge on any atom is -0.481 e. The van der Waals surface area contributed by atoms with Crippen LogP contribution in [0.2, 0.25) is 0 Å². The number of thiol groups is 1. The van der Waals surface area contributed by atoms with Gasteiger partial charge >= 0.3 is 11.9 Å². The van der Waals surface area contributed by atoms with Crippen LogP contribution in [-0.2, 0) is 30.4 Å². The fraction of sp³-hybridized carbons (Fsp3) is 0.556. The summed E-state index contributed by atoms with van der Waals surface area (Å²) in [6.45, 7) is 1.24. The van der Waals surface area contributed by atoms with Gasteiger partial charge in [-0.3, -0.25) is 19.2 Å². The molecule has 1 aromatic heterocycles. The fourth-order valence-corrected chi connectivity index (χ4v) is 2.90. The van der Waals surface area contributed by atoms with E-state index in [1.807, 2.05) is 0 Å². The standard InChI is InChI=1S/C18H28N6O8S/c1-8(25)14(24-15(28)10(19)4-9-5-20-7-21-9)17(30)23-12(6-33)16(29)22-11(18(31)32)2-3-13(26)27/h5,7-8,10-12,14,25,33H,2-4,6,19H2,1H3,(H,20,21)(H,22,29)(H,23,30)(H,24,28)(H,26,27)(H,31,32). The van der Waals surface area contributed by atoms with Crippen molar-refractivity contribution in [3.63, 3.8) is 0 Å². The van der Waals surface area contributed by atoms with Crippen molar-refractivity contribution >= 4 is 42.3 Å². The van der Waals surface area contributed by atoms with E-state index < -0.39 is 66.4 Å². The highest BCUT2D eigenvalue weighted by atomic mass is 32.1. The number of aliphatic carboxylic acids is 2. The largest absolute Gasteiger partial charge is 0.481 e. The molecule has 0 spiro atoms. The van der Waals surface area contributed by atoms with Gasteiger partial charge in [0.05, 0.1) is 18.5 Å². The number of rotatable bonds is 14.